The number of furan rings is 1. The number of hydrogen-bond donors (Lipinski definition) is 1. The molecule has 1 aliphatic carbocycles. The molecule has 3 heterocycles. The van der Waals surface area contributed by atoms with Crippen LogP contribution in [0.15, 0.2) is 34.9 Å². The number of nitrogens with zero attached hydrogens (tertiary/aromatic N) is 3. The van der Waals surface area contributed by atoms with Crippen LogP contribution in [-0.4, -0.2) is 63.9 Å². The Kier molecular flexibility index (Phi) is 7.27. The van der Waals surface area contributed by atoms with Crippen LogP contribution in [0.5, 0.6) is 0 Å². The summed E-state index contributed by atoms with van der Waals surface area (Å²) in [6.07, 6.45) is 8.43. The maximum Gasteiger partial charge on any atom is 0.271 e. The van der Waals surface area contributed by atoms with Crippen molar-refractivity contribution in [3.05, 3.63) is 36.2 Å². The van der Waals surface area contributed by atoms with Gasteiger partial charge in [-0.25, -0.2) is 0 Å². The highest BCUT2D eigenvalue weighted by molar-refractivity contribution is 6.00. The normalized spacial score (nSPS) is 21.8. The van der Waals surface area contributed by atoms with E-state index in [1.165, 1.54) is 12.8 Å². The highest BCUT2D eigenvalue weighted by atomic mass is 16.3. The van der Waals surface area contributed by atoms with Crippen molar-refractivity contribution in [1.29, 1.82) is 0 Å². The smallest absolute Gasteiger partial charge is 0.271 e. The van der Waals surface area contributed by atoms with Crippen molar-refractivity contribution in [3.8, 4) is 11.5 Å². The largest absolute Gasteiger partial charge is 0.463 e. The van der Waals surface area contributed by atoms with E-state index in [-0.39, 0.29) is 17.9 Å². The van der Waals surface area contributed by atoms with Crippen LogP contribution in [0.2, 0.25) is 0 Å². The highest BCUT2D eigenvalue weighted by Gasteiger charge is 2.48. The Morgan fingerprint density at radius 2 is 1.82 bits per heavy atom. The second-order valence-corrected chi connectivity index (χ2v) is 9.59. The first-order valence-corrected chi connectivity index (χ1v) is 12.6. The molecule has 0 bridgehead atoms. The van der Waals surface area contributed by atoms with Gasteiger partial charge >= 0.3 is 0 Å². The lowest BCUT2D eigenvalue weighted by Crippen LogP contribution is -2.65. The third-order valence-corrected chi connectivity index (χ3v) is 7.49. The van der Waals surface area contributed by atoms with Gasteiger partial charge in [-0.3, -0.25) is 9.59 Å². The van der Waals surface area contributed by atoms with Crippen molar-refractivity contribution in [3.63, 3.8) is 0 Å². The van der Waals surface area contributed by atoms with E-state index in [2.05, 4.69) is 24.1 Å². The van der Waals surface area contributed by atoms with Crippen molar-refractivity contribution in [2.45, 2.75) is 77.4 Å². The van der Waals surface area contributed by atoms with Crippen LogP contribution >= 0.6 is 0 Å². The molecule has 33 heavy (non-hydrogen) atoms. The van der Waals surface area contributed by atoms with E-state index in [4.69, 9.17) is 4.42 Å². The van der Waals surface area contributed by atoms with Gasteiger partial charge in [0.2, 0.25) is 5.91 Å². The lowest BCUT2D eigenvalue weighted by atomic mass is 9.93. The Morgan fingerprint density at radius 1 is 1.12 bits per heavy atom. The van der Waals surface area contributed by atoms with E-state index in [0.29, 0.717) is 24.5 Å². The monoisotopic (exact) mass is 454 g/mol. The minimum absolute atomic E-state index is 0.0490. The van der Waals surface area contributed by atoms with Gasteiger partial charge in [0.25, 0.3) is 5.91 Å². The summed E-state index contributed by atoms with van der Waals surface area (Å²) < 4.78 is 7.59. The van der Waals surface area contributed by atoms with E-state index >= 15 is 0 Å². The zero-order chi connectivity index (χ0) is 23.4. The molecular formula is C26H38N4O3. The lowest BCUT2D eigenvalue weighted by Gasteiger charge is -2.45. The average Bonchev–Trinajstić information content (AvgIpc) is 3.41. The fraction of sp³-hybridized carbons (Fsp3) is 0.615. The molecule has 0 spiro atoms. The molecular weight excluding hydrogens is 416 g/mol. The molecule has 0 aromatic carbocycles. The number of carbonyl (C=O) groups excluding carboxylic acids is 2. The number of carbonyl (C=O) groups is 2. The molecule has 1 fully saturated rings. The summed E-state index contributed by atoms with van der Waals surface area (Å²) in [6, 6.07) is 7.70. The maximum atomic E-state index is 13.8. The third-order valence-electron chi connectivity index (χ3n) is 7.49. The molecule has 1 saturated carbocycles. The molecule has 0 unspecified atom stereocenters. The summed E-state index contributed by atoms with van der Waals surface area (Å²) in [5.41, 5.74) is 0.477. The molecule has 2 amide bonds. The molecule has 1 aliphatic heterocycles. The summed E-state index contributed by atoms with van der Waals surface area (Å²) >= 11 is 0. The first-order chi connectivity index (χ1) is 16.0. The number of amides is 2. The molecule has 7 heteroatoms. The second kappa shape index (κ2) is 10.2. The third kappa shape index (κ3) is 4.74. The molecule has 1 N–H and O–H groups in total. The van der Waals surface area contributed by atoms with Crippen LogP contribution in [0.3, 0.4) is 0 Å². The van der Waals surface area contributed by atoms with Gasteiger partial charge in [0, 0.05) is 19.1 Å². The van der Waals surface area contributed by atoms with E-state index in [0.717, 1.165) is 51.0 Å². The van der Waals surface area contributed by atoms with Gasteiger partial charge < -0.3 is 24.1 Å². The predicted octanol–water partition coefficient (Wildman–Crippen LogP) is 4.14. The number of rotatable bonds is 8. The number of aromatic nitrogens is 1. The first-order valence-electron chi connectivity index (χ1n) is 12.6. The van der Waals surface area contributed by atoms with Crippen molar-refractivity contribution in [2.75, 3.05) is 26.2 Å². The number of nitrogens with one attached hydrogen (secondary N) is 1. The zero-order valence-electron chi connectivity index (χ0n) is 20.3. The molecule has 1 atom stereocenters. The topological polar surface area (TPSA) is 70.7 Å². The molecule has 2 aliphatic rings. The molecule has 0 saturated heterocycles. The van der Waals surface area contributed by atoms with Crippen molar-refractivity contribution >= 4 is 11.8 Å². The Morgan fingerprint density at radius 3 is 2.45 bits per heavy atom. The molecule has 4 rings (SSSR count). The molecule has 7 nitrogen and oxygen atoms in total. The van der Waals surface area contributed by atoms with E-state index in [9.17, 15) is 9.59 Å². The summed E-state index contributed by atoms with van der Waals surface area (Å²) in [7, 11) is 0. The number of likely N-dealkylation sites (N-methyl/N-ethyl adjacent to an activating group) is 1. The van der Waals surface area contributed by atoms with Gasteiger partial charge in [-0.15, -0.1) is 0 Å². The van der Waals surface area contributed by atoms with Crippen LogP contribution in [-0.2, 0) is 11.3 Å². The Bertz CT molecular complexity index is 939. The van der Waals surface area contributed by atoms with Crippen LogP contribution in [0, 0.1) is 0 Å². The zero-order valence-corrected chi connectivity index (χ0v) is 20.3. The standard InChI is InChI=1S/C26H38N4O3/c1-4-28(5-2)16-17-30-24(31)22-15-14-21(23-13-10-18-33-23)29(22)19-26(30,3)25(32)27-20-11-8-6-7-9-12-20/h10,13-15,18,20H,4-9,11-12,16-17,19H2,1-3H3,(H,27,32)/t26-/m1/s1. The van der Waals surface area contributed by atoms with Gasteiger partial charge in [0.05, 0.1) is 18.5 Å². The maximum absolute atomic E-state index is 13.8. The number of hydrogen-bond acceptors (Lipinski definition) is 4. The first kappa shape index (κ1) is 23.6. The minimum Gasteiger partial charge on any atom is -0.463 e. The summed E-state index contributed by atoms with van der Waals surface area (Å²) in [5, 5.41) is 3.33. The average molecular weight is 455 g/mol. The van der Waals surface area contributed by atoms with Crippen molar-refractivity contribution < 1.29 is 14.0 Å². The number of fused-ring (bicyclic) bond motifs is 1. The van der Waals surface area contributed by atoms with Crippen LogP contribution in [0.4, 0.5) is 0 Å². The van der Waals surface area contributed by atoms with Crippen LogP contribution in [0.25, 0.3) is 11.5 Å². The van der Waals surface area contributed by atoms with Crippen molar-refractivity contribution in [1.82, 2.24) is 19.7 Å². The van der Waals surface area contributed by atoms with Gasteiger partial charge in [-0.2, -0.15) is 0 Å². The second-order valence-electron chi connectivity index (χ2n) is 9.59. The van der Waals surface area contributed by atoms with Crippen molar-refractivity contribution in [2.24, 2.45) is 0 Å². The van der Waals surface area contributed by atoms with E-state index in [1.54, 1.807) is 11.2 Å². The Balaban J connectivity index is 1.65. The molecule has 2 aromatic rings. The van der Waals surface area contributed by atoms with Crippen LogP contribution < -0.4 is 5.32 Å². The quantitative estimate of drug-likeness (QED) is 0.609. The van der Waals surface area contributed by atoms with Gasteiger partial charge in [-0.1, -0.05) is 39.5 Å². The highest BCUT2D eigenvalue weighted by Crippen LogP contribution is 2.33. The van der Waals surface area contributed by atoms with E-state index < -0.39 is 5.54 Å². The molecule has 2 aromatic heterocycles. The summed E-state index contributed by atoms with van der Waals surface area (Å²) in [4.78, 5) is 31.6. The summed E-state index contributed by atoms with van der Waals surface area (Å²) in [6.45, 7) is 9.70. The Labute approximate surface area is 197 Å². The van der Waals surface area contributed by atoms with Gasteiger partial charge in [0.1, 0.15) is 17.0 Å². The SMILES string of the molecule is CCN(CC)CCN1C(=O)c2ccc(-c3ccco3)n2C[C@]1(C)C(=O)NC1CCCCCC1. The fourth-order valence-corrected chi connectivity index (χ4v) is 5.31. The summed E-state index contributed by atoms with van der Waals surface area (Å²) in [5.74, 6) is 0.564. The predicted molar refractivity (Wildman–Crippen MR) is 129 cm³/mol. The Hall–Kier alpha value is -2.54. The minimum atomic E-state index is -0.968. The van der Waals surface area contributed by atoms with Crippen LogP contribution in [0.1, 0.15) is 69.8 Å². The molecule has 0 radical (unpaired) electrons. The van der Waals surface area contributed by atoms with Gasteiger partial charge in [-0.05, 0) is 57.1 Å². The fourth-order valence-electron chi connectivity index (χ4n) is 5.31. The molecule has 180 valence electrons. The van der Waals surface area contributed by atoms with E-state index in [1.807, 2.05) is 35.8 Å². The van der Waals surface area contributed by atoms with Gasteiger partial charge in [0.15, 0.2) is 0 Å². The lowest BCUT2D eigenvalue weighted by molar-refractivity contribution is -0.133.